The van der Waals surface area contributed by atoms with Gasteiger partial charge in [0.25, 0.3) is 0 Å². The molecular weight excluding hydrogens is 172 g/mol. The van der Waals surface area contributed by atoms with Crippen molar-refractivity contribution in [3.8, 4) is 0 Å². The first-order valence-corrected chi connectivity index (χ1v) is 5.18. The van der Waals surface area contributed by atoms with Gasteiger partial charge in [-0.25, -0.2) is 0 Å². The number of aryl methyl sites for hydroxylation is 2. The summed E-state index contributed by atoms with van der Waals surface area (Å²) in [6, 6.07) is 4.21. The molecule has 0 bridgehead atoms. The molecule has 0 amide bonds. The summed E-state index contributed by atoms with van der Waals surface area (Å²) in [5.74, 6) is 0. The maximum absolute atomic E-state index is 6.05. The Kier molecular flexibility index (Phi) is 3.53. The highest BCUT2D eigenvalue weighted by molar-refractivity contribution is 5.53. The zero-order chi connectivity index (χ0) is 10.7. The van der Waals surface area contributed by atoms with Gasteiger partial charge in [0.05, 0.1) is 0 Å². The Morgan fingerprint density at radius 1 is 1.21 bits per heavy atom. The first kappa shape index (κ1) is 11.1. The van der Waals surface area contributed by atoms with E-state index in [1.54, 1.807) is 0 Å². The highest BCUT2D eigenvalue weighted by Crippen LogP contribution is 2.25. The summed E-state index contributed by atoms with van der Waals surface area (Å²) in [5, 5.41) is 0. The number of nitrogen functional groups attached to an aromatic ring is 1. The van der Waals surface area contributed by atoms with E-state index in [0.29, 0.717) is 0 Å². The van der Waals surface area contributed by atoms with Gasteiger partial charge in [-0.15, -0.1) is 0 Å². The van der Waals surface area contributed by atoms with Crippen LogP contribution in [0.25, 0.3) is 0 Å². The minimum atomic E-state index is 0.0827. The average molecular weight is 192 g/mol. The maximum Gasteiger partial charge on any atom is 0.0365 e. The fourth-order valence-electron chi connectivity index (χ4n) is 1.65. The van der Waals surface area contributed by atoms with Crippen molar-refractivity contribution in [1.82, 2.24) is 0 Å². The Morgan fingerprint density at radius 2 is 1.79 bits per heavy atom. The van der Waals surface area contributed by atoms with Crippen LogP contribution >= 0.6 is 0 Å². The van der Waals surface area contributed by atoms with E-state index in [-0.39, 0.29) is 6.04 Å². The zero-order valence-corrected chi connectivity index (χ0v) is 9.30. The van der Waals surface area contributed by atoms with Gasteiger partial charge in [0.1, 0.15) is 0 Å². The third-order valence-corrected chi connectivity index (χ3v) is 2.70. The predicted molar refractivity (Wildman–Crippen MR) is 62.2 cm³/mol. The Bertz CT molecular complexity index is 318. The molecule has 1 unspecified atom stereocenters. The fourth-order valence-corrected chi connectivity index (χ4v) is 1.65. The number of rotatable bonds is 3. The van der Waals surface area contributed by atoms with Crippen molar-refractivity contribution in [2.75, 3.05) is 5.73 Å². The molecule has 0 saturated heterocycles. The number of benzene rings is 1. The highest BCUT2D eigenvalue weighted by Gasteiger charge is 2.09. The maximum atomic E-state index is 6.05. The minimum Gasteiger partial charge on any atom is -0.398 e. The van der Waals surface area contributed by atoms with Crippen LogP contribution in [0.3, 0.4) is 0 Å². The number of hydrogen-bond acceptors (Lipinski definition) is 2. The van der Waals surface area contributed by atoms with Crippen LogP contribution in [0, 0.1) is 13.8 Å². The Labute approximate surface area is 86.3 Å². The molecule has 0 radical (unpaired) electrons. The molecule has 1 rings (SSSR count). The molecule has 4 N–H and O–H groups in total. The van der Waals surface area contributed by atoms with Gasteiger partial charge in [-0.3, -0.25) is 0 Å². The average Bonchev–Trinajstić information content (AvgIpc) is 2.11. The first-order valence-electron chi connectivity index (χ1n) is 5.18. The molecule has 1 atom stereocenters. The molecular formula is C12H20N2. The van der Waals surface area contributed by atoms with E-state index in [9.17, 15) is 0 Å². The third-order valence-electron chi connectivity index (χ3n) is 2.70. The lowest BCUT2D eigenvalue weighted by molar-refractivity contribution is 0.639. The quantitative estimate of drug-likeness (QED) is 0.723. The molecule has 14 heavy (non-hydrogen) atoms. The number of anilines is 1. The van der Waals surface area contributed by atoms with E-state index in [1.165, 1.54) is 11.1 Å². The van der Waals surface area contributed by atoms with E-state index in [2.05, 4.69) is 26.8 Å². The molecule has 2 heteroatoms. The highest BCUT2D eigenvalue weighted by atomic mass is 14.7. The summed E-state index contributed by atoms with van der Waals surface area (Å²) in [5.41, 5.74) is 16.4. The molecule has 0 heterocycles. The summed E-state index contributed by atoms with van der Waals surface area (Å²) >= 11 is 0. The molecule has 0 saturated carbocycles. The number of hydrogen-bond donors (Lipinski definition) is 2. The Balaban J connectivity index is 3.02. The van der Waals surface area contributed by atoms with Gasteiger partial charge in [0.15, 0.2) is 0 Å². The van der Waals surface area contributed by atoms with Gasteiger partial charge in [-0.05, 0) is 43.0 Å². The summed E-state index contributed by atoms with van der Waals surface area (Å²) in [6.45, 7) is 6.30. The van der Waals surface area contributed by atoms with Crippen molar-refractivity contribution < 1.29 is 0 Å². The summed E-state index contributed by atoms with van der Waals surface area (Å²) in [6.07, 6.45) is 2.08. The van der Waals surface area contributed by atoms with Gasteiger partial charge >= 0.3 is 0 Å². The molecule has 0 spiro atoms. The minimum absolute atomic E-state index is 0.0827. The van der Waals surface area contributed by atoms with Crippen molar-refractivity contribution in [3.05, 3.63) is 28.8 Å². The normalized spacial score (nSPS) is 12.9. The molecule has 1 aromatic carbocycles. The predicted octanol–water partition coefficient (Wildman–Crippen LogP) is 2.69. The van der Waals surface area contributed by atoms with Gasteiger partial charge < -0.3 is 11.5 Å². The van der Waals surface area contributed by atoms with Crippen LogP contribution in [0.1, 0.15) is 42.5 Å². The molecule has 0 aliphatic carbocycles. The van der Waals surface area contributed by atoms with Gasteiger partial charge in [-0.1, -0.05) is 19.4 Å². The molecule has 1 aromatic rings. The molecule has 2 nitrogen and oxygen atoms in total. The van der Waals surface area contributed by atoms with E-state index in [0.717, 1.165) is 24.1 Å². The second-order valence-corrected chi connectivity index (χ2v) is 3.96. The lowest BCUT2D eigenvalue weighted by Crippen LogP contribution is -2.12. The van der Waals surface area contributed by atoms with E-state index >= 15 is 0 Å². The van der Waals surface area contributed by atoms with Crippen molar-refractivity contribution in [2.24, 2.45) is 5.73 Å². The zero-order valence-electron chi connectivity index (χ0n) is 9.30. The second kappa shape index (κ2) is 4.47. The van der Waals surface area contributed by atoms with Crippen LogP contribution in [-0.2, 0) is 0 Å². The smallest absolute Gasteiger partial charge is 0.0365 e. The number of nitrogens with two attached hydrogens (primary N) is 2. The van der Waals surface area contributed by atoms with Crippen LogP contribution in [-0.4, -0.2) is 0 Å². The van der Waals surface area contributed by atoms with Crippen molar-refractivity contribution in [3.63, 3.8) is 0 Å². The van der Waals surface area contributed by atoms with Gasteiger partial charge in [0.2, 0.25) is 0 Å². The molecule has 78 valence electrons. The fraction of sp³-hybridized carbons (Fsp3) is 0.500. The van der Waals surface area contributed by atoms with Crippen molar-refractivity contribution in [2.45, 2.75) is 39.7 Å². The van der Waals surface area contributed by atoms with Crippen LogP contribution in [0.5, 0.6) is 0 Å². The third kappa shape index (κ3) is 2.26. The molecule has 0 fully saturated rings. The van der Waals surface area contributed by atoms with Crippen LogP contribution in [0.15, 0.2) is 12.1 Å². The van der Waals surface area contributed by atoms with Crippen molar-refractivity contribution >= 4 is 5.69 Å². The summed E-state index contributed by atoms with van der Waals surface area (Å²) in [7, 11) is 0. The van der Waals surface area contributed by atoms with Crippen LogP contribution < -0.4 is 11.5 Å². The van der Waals surface area contributed by atoms with E-state index < -0.39 is 0 Å². The van der Waals surface area contributed by atoms with Crippen LogP contribution in [0.2, 0.25) is 0 Å². The summed E-state index contributed by atoms with van der Waals surface area (Å²) < 4.78 is 0. The monoisotopic (exact) mass is 192 g/mol. The molecule has 0 aromatic heterocycles. The topological polar surface area (TPSA) is 52.0 Å². The molecule has 0 aliphatic rings. The van der Waals surface area contributed by atoms with E-state index in [4.69, 9.17) is 11.5 Å². The van der Waals surface area contributed by atoms with Crippen molar-refractivity contribution in [1.29, 1.82) is 0 Å². The van der Waals surface area contributed by atoms with E-state index in [1.807, 2.05) is 6.07 Å². The standard InChI is InChI=1S/C12H20N2/c1-4-5-11(13)10-6-8(2)9(3)7-12(10)14/h6-7,11H,4-5,13-14H2,1-3H3. The Hall–Kier alpha value is -1.02. The van der Waals surface area contributed by atoms with Gasteiger partial charge in [-0.2, -0.15) is 0 Å². The lowest BCUT2D eigenvalue weighted by atomic mass is 9.97. The summed E-state index contributed by atoms with van der Waals surface area (Å²) in [4.78, 5) is 0. The van der Waals surface area contributed by atoms with Crippen LogP contribution in [0.4, 0.5) is 5.69 Å². The first-order chi connectivity index (χ1) is 6.56. The Morgan fingerprint density at radius 3 is 2.36 bits per heavy atom. The SMILES string of the molecule is CCCC(N)c1cc(C)c(C)cc1N. The molecule has 0 aliphatic heterocycles. The second-order valence-electron chi connectivity index (χ2n) is 3.96. The lowest BCUT2D eigenvalue weighted by Gasteiger charge is -2.15. The largest absolute Gasteiger partial charge is 0.398 e. The van der Waals surface area contributed by atoms with Gasteiger partial charge in [0, 0.05) is 11.7 Å².